The Morgan fingerprint density at radius 3 is 2.22 bits per heavy atom. The summed E-state index contributed by atoms with van der Waals surface area (Å²) in [6.45, 7) is 10.6. The zero-order valence-corrected chi connectivity index (χ0v) is 23.4. The van der Waals surface area contributed by atoms with Crippen LogP contribution in [0.25, 0.3) is 10.9 Å². The monoisotopic (exact) mass is 514 g/mol. The molecule has 1 saturated carbocycles. The van der Waals surface area contributed by atoms with Crippen molar-refractivity contribution in [1.29, 1.82) is 0 Å². The molecule has 0 radical (unpaired) electrons. The van der Waals surface area contributed by atoms with Gasteiger partial charge in [-0.15, -0.1) is 0 Å². The first-order chi connectivity index (χ1) is 17.3. The normalized spacial score (nSPS) is 25.3. The van der Waals surface area contributed by atoms with Crippen LogP contribution < -0.4 is 4.72 Å². The van der Waals surface area contributed by atoms with Gasteiger partial charge in [-0.1, -0.05) is 32.0 Å². The van der Waals surface area contributed by atoms with E-state index in [1.54, 1.807) is 0 Å². The van der Waals surface area contributed by atoms with Gasteiger partial charge in [0.25, 0.3) is 0 Å². The number of fused-ring (bicyclic) bond motifs is 1. The van der Waals surface area contributed by atoms with E-state index in [1.807, 2.05) is 0 Å². The summed E-state index contributed by atoms with van der Waals surface area (Å²) in [7, 11) is -3.27. The minimum atomic E-state index is -3.27. The van der Waals surface area contributed by atoms with Gasteiger partial charge >= 0.3 is 0 Å². The van der Waals surface area contributed by atoms with Gasteiger partial charge in [0.15, 0.2) is 0 Å². The number of sulfonamides is 1. The molecule has 3 heterocycles. The van der Waals surface area contributed by atoms with Crippen molar-refractivity contribution in [3.05, 3.63) is 35.5 Å². The van der Waals surface area contributed by atoms with Crippen molar-refractivity contribution < 1.29 is 8.42 Å². The van der Waals surface area contributed by atoms with E-state index in [1.165, 1.54) is 66.9 Å². The first-order valence-electron chi connectivity index (χ1n) is 14.3. The summed E-state index contributed by atoms with van der Waals surface area (Å²) in [6, 6.07) is 9.91. The molecule has 1 N–H and O–H groups in total. The van der Waals surface area contributed by atoms with Crippen LogP contribution in [0.3, 0.4) is 0 Å². The molecule has 2 saturated heterocycles. The molecule has 1 aromatic heterocycles. The highest BCUT2D eigenvalue weighted by molar-refractivity contribution is 7.88. The summed E-state index contributed by atoms with van der Waals surface area (Å²) >= 11 is 0. The lowest BCUT2D eigenvalue weighted by molar-refractivity contribution is 0.0889. The Bertz CT molecular complexity index is 1120. The fraction of sp³-hybridized carbons (Fsp3) is 0.724. The van der Waals surface area contributed by atoms with Crippen LogP contribution in [0.15, 0.2) is 24.3 Å². The number of hydrogen-bond donors (Lipinski definition) is 1. The van der Waals surface area contributed by atoms with Gasteiger partial charge in [-0.25, -0.2) is 13.1 Å². The lowest BCUT2D eigenvalue weighted by Crippen LogP contribution is -2.44. The molecular weight excluding hydrogens is 468 g/mol. The molecule has 0 atom stereocenters. The van der Waals surface area contributed by atoms with Crippen LogP contribution in [0, 0.1) is 11.8 Å². The molecule has 0 bridgehead atoms. The highest BCUT2D eigenvalue weighted by Crippen LogP contribution is 2.38. The van der Waals surface area contributed by atoms with E-state index >= 15 is 0 Å². The molecule has 7 heteroatoms. The maximum absolute atomic E-state index is 12.1. The first kappa shape index (κ1) is 26.2. The predicted octanol–water partition coefficient (Wildman–Crippen LogP) is 5.14. The number of aromatic nitrogens is 1. The minimum Gasteiger partial charge on any atom is -0.340 e. The van der Waals surface area contributed by atoms with Crippen LogP contribution in [-0.4, -0.2) is 61.3 Å². The highest BCUT2D eigenvalue weighted by Gasteiger charge is 2.32. The standard InChI is InChI=1S/C29H46N4O2S/c1-22(2)23-10-12-24(13-11-23)32-18-14-25(15-19-32)33-28-9-5-4-8-26(28)27(21-31-16-6-7-17-31)29(33)20-30-36(3,34)35/h4-5,8-9,22-25,30H,6-7,10-21H2,1-3H3/t23-,24+. The van der Waals surface area contributed by atoms with E-state index in [0.717, 1.165) is 63.4 Å². The summed E-state index contributed by atoms with van der Waals surface area (Å²) in [4.78, 5) is 5.30. The Labute approximate surface area is 218 Å². The van der Waals surface area contributed by atoms with Crippen LogP contribution in [0.1, 0.15) is 82.5 Å². The van der Waals surface area contributed by atoms with Crippen LogP contribution in [-0.2, 0) is 23.1 Å². The smallest absolute Gasteiger partial charge is 0.209 e. The van der Waals surface area contributed by atoms with Crippen molar-refractivity contribution in [1.82, 2.24) is 19.1 Å². The summed E-state index contributed by atoms with van der Waals surface area (Å²) in [5, 5.41) is 1.30. The lowest BCUT2D eigenvalue weighted by Gasteiger charge is -2.42. The first-order valence-corrected chi connectivity index (χ1v) is 16.2. The van der Waals surface area contributed by atoms with Crippen molar-refractivity contribution >= 4 is 20.9 Å². The van der Waals surface area contributed by atoms with Crippen LogP contribution >= 0.6 is 0 Å². The van der Waals surface area contributed by atoms with E-state index in [9.17, 15) is 8.42 Å². The van der Waals surface area contributed by atoms with Crippen molar-refractivity contribution in [2.45, 2.75) is 90.4 Å². The third-order valence-corrected chi connectivity index (χ3v) is 9.94. The van der Waals surface area contributed by atoms with Gasteiger partial charge in [-0.2, -0.15) is 0 Å². The Balaban J connectivity index is 1.38. The second kappa shape index (κ2) is 11.1. The molecule has 5 rings (SSSR count). The number of hydrogen-bond acceptors (Lipinski definition) is 4. The van der Waals surface area contributed by atoms with E-state index in [0.29, 0.717) is 12.6 Å². The fourth-order valence-electron chi connectivity index (χ4n) is 7.18. The average molecular weight is 515 g/mol. The van der Waals surface area contributed by atoms with E-state index < -0.39 is 10.0 Å². The van der Waals surface area contributed by atoms with Gasteiger partial charge in [0.2, 0.25) is 10.0 Å². The van der Waals surface area contributed by atoms with E-state index in [2.05, 4.69) is 57.2 Å². The molecule has 2 aromatic rings. The maximum Gasteiger partial charge on any atom is 0.209 e. The van der Waals surface area contributed by atoms with Gasteiger partial charge in [0, 0.05) is 48.3 Å². The topological polar surface area (TPSA) is 57.6 Å². The Morgan fingerprint density at radius 1 is 0.917 bits per heavy atom. The molecule has 200 valence electrons. The molecule has 1 aliphatic carbocycles. The summed E-state index contributed by atoms with van der Waals surface area (Å²) in [5.41, 5.74) is 3.76. The molecule has 6 nitrogen and oxygen atoms in total. The van der Waals surface area contributed by atoms with Crippen molar-refractivity contribution in [2.75, 3.05) is 32.4 Å². The predicted molar refractivity (Wildman–Crippen MR) is 149 cm³/mol. The number of piperidine rings is 1. The second-order valence-corrected chi connectivity index (χ2v) is 13.8. The number of para-hydroxylation sites is 1. The molecular formula is C29H46N4O2S. The molecule has 3 fully saturated rings. The molecule has 1 aromatic carbocycles. The number of rotatable bonds is 8. The van der Waals surface area contributed by atoms with Crippen LogP contribution in [0.5, 0.6) is 0 Å². The summed E-state index contributed by atoms with van der Waals surface area (Å²) < 4.78 is 29.6. The quantitative estimate of drug-likeness (QED) is 0.530. The average Bonchev–Trinajstić information content (AvgIpc) is 3.49. The van der Waals surface area contributed by atoms with Gasteiger partial charge in [0.05, 0.1) is 12.8 Å². The van der Waals surface area contributed by atoms with Gasteiger partial charge in [-0.05, 0) is 87.9 Å². The van der Waals surface area contributed by atoms with E-state index in [-0.39, 0.29) is 0 Å². The maximum atomic E-state index is 12.1. The molecule has 0 spiro atoms. The Morgan fingerprint density at radius 2 is 1.58 bits per heavy atom. The molecule has 0 unspecified atom stereocenters. The zero-order valence-electron chi connectivity index (χ0n) is 22.6. The molecule has 0 amide bonds. The van der Waals surface area contributed by atoms with Crippen molar-refractivity contribution in [3.63, 3.8) is 0 Å². The number of nitrogens with zero attached hydrogens (tertiary/aromatic N) is 3. The lowest BCUT2D eigenvalue weighted by atomic mass is 9.79. The third kappa shape index (κ3) is 5.85. The molecule has 3 aliphatic rings. The number of nitrogens with one attached hydrogen (secondary N) is 1. The van der Waals surface area contributed by atoms with Crippen molar-refractivity contribution in [3.8, 4) is 0 Å². The minimum absolute atomic E-state index is 0.371. The zero-order chi connectivity index (χ0) is 25.3. The Kier molecular flexibility index (Phi) is 8.11. The fourth-order valence-corrected chi connectivity index (χ4v) is 7.58. The van der Waals surface area contributed by atoms with Crippen LogP contribution in [0.2, 0.25) is 0 Å². The van der Waals surface area contributed by atoms with E-state index in [4.69, 9.17) is 0 Å². The summed E-state index contributed by atoms with van der Waals surface area (Å²) in [6.07, 6.45) is 11.5. The Hall–Kier alpha value is -1.41. The number of likely N-dealkylation sites (tertiary alicyclic amines) is 2. The SMILES string of the molecule is CC(C)[C@H]1CC[C@@H](N2CCC(n3c(CNS(C)(=O)=O)c(CN4CCCC4)c4ccccc43)CC2)CC1. The van der Waals surface area contributed by atoms with Gasteiger partial charge in [0.1, 0.15) is 0 Å². The molecule has 2 aliphatic heterocycles. The summed E-state index contributed by atoms with van der Waals surface area (Å²) in [5.74, 6) is 1.72. The largest absolute Gasteiger partial charge is 0.340 e. The van der Waals surface area contributed by atoms with Crippen molar-refractivity contribution in [2.24, 2.45) is 11.8 Å². The second-order valence-electron chi connectivity index (χ2n) is 12.0. The number of benzene rings is 1. The highest BCUT2D eigenvalue weighted by atomic mass is 32.2. The third-order valence-electron chi connectivity index (χ3n) is 9.27. The molecule has 36 heavy (non-hydrogen) atoms. The van der Waals surface area contributed by atoms with Crippen LogP contribution in [0.4, 0.5) is 0 Å². The van der Waals surface area contributed by atoms with Gasteiger partial charge < -0.3 is 9.47 Å². The van der Waals surface area contributed by atoms with Gasteiger partial charge in [-0.3, -0.25) is 4.90 Å².